The Morgan fingerprint density at radius 2 is 2.16 bits per heavy atom. The second-order valence-corrected chi connectivity index (χ2v) is 8.72. The predicted molar refractivity (Wildman–Crippen MR) is 102 cm³/mol. The van der Waals surface area contributed by atoms with Crippen molar-refractivity contribution in [2.24, 2.45) is 11.8 Å². The molecule has 2 fully saturated rings. The molecule has 5 nitrogen and oxygen atoms in total. The van der Waals surface area contributed by atoms with Gasteiger partial charge in [-0.15, -0.1) is 23.1 Å². The molecule has 2 aliphatic rings. The van der Waals surface area contributed by atoms with Crippen molar-refractivity contribution in [1.82, 2.24) is 15.4 Å². The highest BCUT2D eigenvalue weighted by Gasteiger charge is 2.31. The fourth-order valence-corrected chi connectivity index (χ4v) is 5.19. The quantitative estimate of drug-likeness (QED) is 0.868. The lowest BCUT2D eigenvalue weighted by Crippen LogP contribution is -2.34. The van der Waals surface area contributed by atoms with Gasteiger partial charge in [0.1, 0.15) is 0 Å². The van der Waals surface area contributed by atoms with Crippen LogP contribution in [0.2, 0.25) is 0 Å². The summed E-state index contributed by atoms with van der Waals surface area (Å²) >= 11 is 3.26. The number of nitrogens with zero attached hydrogens (tertiary/aromatic N) is 2. The fraction of sp³-hybridized carbons (Fsp3) is 0.556. The van der Waals surface area contributed by atoms with Crippen molar-refractivity contribution in [3.63, 3.8) is 0 Å². The molecule has 0 radical (unpaired) electrons. The van der Waals surface area contributed by atoms with E-state index in [4.69, 9.17) is 4.52 Å². The summed E-state index contributed by atoms with van der Waals surface area (Å²) < 4.78 is 5.39. The Kier molecular flexibility index (Phi) is 5.43. The molecule has 2 saturated heterocycles. The molecular weight excluding hydrogens is 354 g/mol. The lowest BCUT2D eigenvalue weighted by atomic mass is 9.92. The van der Waals surface area contributed by atoms with Crippen molar-refractivity contribution >= 4 is 29.0 Å². The van der Waals surface area contributed by atoms with Crippen LogP contribution >= 0.6 is 23.1 Å². The van der Waals surface area contributed by atoms with Crippen molar-refractivity contribution in [2.75, 3.05) is 31.9 Å². The molecule has 2 aliphatic heterocycles. The van der Waals surface area contributed by atoms with Gasteiger partial charge in [0.2, 0.25) is 5.91 Å². The highest BCUT2D eigenvalue weighted by atomic mass is 32.2. The van der Waals surface area contributed by atoms with E-state index in [1.807, 2.05) is 23.6 Å². The number of thioether (sulfide) groups is 1. The minimum absolute atomic E-state index is 0.264. The van der Waals surface area contributed by atoms with Gasteiger partial charge in [0.25, 0.3) is 0 Å². The molecule has 134 valence electrons. The summed E-state index contributed by atoms with van der Waals surface area (Å²) in [6, 6.07) is 6.00. The SMILES string of the molecule is O=C(CSCc1cc(-c2cccs2)on1)N1CC[C@@H]2CNC[C@@H]2CC1. The number of likely N-dealkylation sites (tertiary alicyclic amines) is 1. The average Bonchev–Trinajstić information content (AvgIpc) is 3.35. The summed E-state index contributed by atoms with van der Waals surface area (Å²) in [6.07, 6.45) is 2.28. The van der Waals surface area contributed by atoms with Gasteiger partial charge >= 0.3 is 0 Å². The summed E-state index contributed by atoms with van der Waals surface area (Å²) in [5.41, 5.74) is 0.901. The van der Waals surface area contributed by atoms with Gasteiger partial charge in [0.05, 0.1) is 16.3 Å². The van der Waals surface area contributed by atoms with E-state index in [2.05, 4.69) is 15.4 Å². The van der Waals surface area contributed by atoms with Crippen LogP contribution in [-0.4, -0.2) is 47.9 Å². The van der Waals surface area contributed by atoms with Gasteiger partial charge < -0.3 is 14.7 Å². The minimum Gasteiger partial charge on any atom is -0.355 e. The normalized spacial score (nSPS) is 23.4. The third-order valence-corrected chi connectivity index (χ3v) is 7.01. The van der Waals surface area contributed by atoms with Gasteiger partial charge in [0.15, 0.2) is 5.76 Å². The fourth-order valence-electron chi connectivity index (χ4n) is 3.72. The van der Waals surface area contributed by atoms with Gasteiger partial charge in [-0.2, -0.15) is 0 Å². The van der Waals surface area contributed by atoms with Crippen LogP contribution in [0.4, 0.5) is 0 Å². The average molecular weight is 378 g/mol. The Morgan fingerprint density at radius 1 is 1.36 bits per heavy atom. The summed E-state index contributed by atoms with van der Waals surface area (Å²) in [6.45, 7) is 4.07. The van der Waals surface area contributed by atoms with E-state index in [0.717, 1.165) is 67.2 Å². The number of hydrogen-bond acceptors (Lipinski definition) is 6. The van der Waals surface area contributed by atoms with Crippen LogP contribution in [0, 0.1) is 11.8 Å². The maximum atomic E-state index is 12.5. The van der Waals surface area contributed by atoms with Crippen molar-refractivity contribution in [1.29, 1.82) is 0 Å². The maximum Gasteiger partial charge on any atom is 0.232 e. The van der Waals surface area contributed by atoms with Crippen LogP contribution in [0.3, 0.4) is 0 Å². The molecular formula is C18H23N3O2S2. The summed E-state index contributed by atoms with van der Waals surface area (Å²) in [4.78, 5) is 15.6. The van der Waals surface area contributed by atoms with E-state index < -0.39 is 0 Å². The Labute approximate surface area is 156 Å². The van der Waals surface area contributed by atoms with Crippen LogP contribution < -0.4 is 5.32 Å². The minimum atomic E-state index is 0.264. The van der Waals surface area contributed by atoms with Crippen molar-refractivity contribution in [3.8, 4) is 10.6 Å². The molecule has 1 N–H and O–H groups in total. The molecule has 4 heterocycles. The monoisotopic (exact) mass is 377 g/mol. The van der Waals surface area contributed by atoms with E-state index in [0.29, 0.717) is 11.5 Å². The molecule has 0 aliphatic carbocycles. The number of carbonyl (C=O) groups excluding carboxylic acids is 1. The Balaban J connectivity index is 1.24. The van der Waals surface area contributed by atoms with Crippen molar-refractivity contribution < 1.29 is 9.32 Å². The largest absolute Gasteiger partial charge is 0.355 e. The lowest BCUT2D eigenvalue weighted by Gasteiger charge is -2.20. The first-order valence-electron chi connectivity index (χ1n) is 8.85. The highest BCUT2D eigenvalue weighted by Crippen LogP contribution is 2.28. The molecule has 2 aromatic heterocycles. The van der Waals surface area contributed by atoms with Crippen LogP contribution in [-0.2, 0) is 10.5 Å². The molecule has 2 aromatic rings. The number of nitrogens with one attached hydrogen (secondary N) is 1. The Hall–Kier alpha value is -1.31. The van der Waals surface area contributed by atoms with Crippen LogP contribution in [0.15, 0.2) is 28.1 Å². The topological polar surface area (TPSA) is 58.4 Å². The molecule has 7 heteroatoms. The Morgan fingerprint density at radius 3 is 2.88 bits per heavy atom. The summed E-state index contributed by atoms with van der Waals surface area (Å²) in [7, 11) is 0. The van der Waals surface area contributed by atoms with E-state index >= 15 is 0 Å². The predicted octanol–water partition coefficient (Wildman–Crippen LogP) is 3.09. The zero-order chi connectivity index (χ0) is 17.1. The zero-order valence-electron chi connectivity index (χ0n) is 14.1. The second-order valence-electron chi connectivity index (χ2n) is 6.79. The van der Waals surface area contributed by atoms with Gasteiger partial charge in [-0.1, -0.05) is 11.2 Å². The number of hydrogen-bond donors (Lipinski definition) is 1. The molecule has 0 bridgehead atoms. The molecule has 1 amide bonds. The van der Waals surface area contributed by atoms with Crippen LogP contribution in [0.25, 0.3) is 10.6 Å². The van der Waals surface area contributed by atoms with Crippen molar-refractivity contribution in [2.45, 2.75) is 18.6 Å². The first-order valence-corrected chi connectivity index (χ1v) is 10.9. The number of thiophene rings is 1. The van der Waals surface area contributed by atoms with Crippen LogP contribution in [0.1, 0.15) is 18.5 Å². The third-order valence-electron chi connectivity index (χ3n) is 5.17. The number of carbonyl (C=O) groups is 1. The molecule has 0 aromatic carbocycles. The number of fused-ring (bicyclic) bond motifs is 1. The van der Waals surface area contributed by atoms with E-state index in [9.17, 15) is 4.79 Å². The van der Waals surface area contributed by atoms with E-state index in [-0.39, 0.29) is 5.91 Å². The maximum absolute atomic E-state index is 12.5. The van der Waals surface area contributed by atoms with E-state index in [1.165, 1.54) is 0 Å². The van der Waals surface area contributed by atoms with E-state index in [1.54, 1.807) is 23.1 Å². The third kappa shape index (κ3) is 4.10. The molecule has 0 unspecified atom stereocenters. The molecule has 25 heavy (non-hydrogen) atoms. The summed E-state index contributed by atoms with van der Waals surface area (Å²) in [5, 5.41) is 9.62. The molecule has 0 spiro atoms. The first kappa shape index (κ1) is 17.1. The first-order chi connectivity index (χ1) is 12.3. The molecule has 0 saturated carbocycles. The van der Waals surface area contributed by atoms with Crippen LogP contribution in [0.5, 0.6) is 0 Å². The van der Waals surface area contributed by atoms with Gasteiger partial charge in [0, 0.05) is 24.9 Å². The number of rotatable bonds is 5. The van der Waals surface area contributed by atoms with Gasteiger partial charge in [-0.05, 0) is 49.2 Å². The summed E-state index contributed by atoms with van der Waals surface area (Å²) in [5.74, 6) is 3.83. The van der Waals surface area contributed by atoms with Gasteiger partial charge in [-0.3, -0.25) is 4.79 Å². The molecule has 2 atom stereocenters. The smallest absolute Gasteiger partial charge is 0.232 e. The number of amides is 1. The highest BCUT2D eigenvalue weighted by molar-refractivity contribution is 7.99. The molecule has 4 rings (SSSR count). The zero-order valence-corrected chi connectivity index (χ0v) is 15.8. The number of aromatic nitrogens is 1. The Bertz CT molecular complexity index is 687. The lowest BCUT2D eigenvalue weighted by molar-refractivity contribution is -0.128. The van der Waals surface area contributed by atoms with Gasteiger partial charge in [-0.25, -0.2) is 0 Å². The standard InChI is InChI=1S/C18H23N3O2S2/c22-18(21-5-3-13-9-19-10-14(13)4-6-21)12-24-11-15-8-16(23-20-15)17-2-1-7-25-17/h1-2,7-8,13-14,19H,3-6,9-12H2/t13-,14+. The second kappa shape index (κ2) is 7.93. The van der Waals surface area contributed by atoms with Crippen molar-refractivity contribution in [3.05, 3.63) is 29.3 Å².